The highest BCUT2D eigenvalue weighted by atomic mass is 16.3. The van der Waals surface area contributed by atoms with E-state index in [0.717, 1.165) is 64.0 Å². The van der Waals surface area contributed by atoms with Crippen LogP contribution in [0.5, 0.6) is 5.75 Å². The van der Waals surface area contributed by atoms with Crippen molar-refractivity contribution in [1.29, 1.82) is 0 Å². The Morgan fingerprint density at radius 2 is 1.46 bits per heavy atom. The van der Waals surface area contributed by atoms with E-state index < -0.39 is 0 Å². The summed E-state index contributed by atoms with van der Waals surface area (Å²) in [6.07, 6.45) is 2.27. The molecule has 0 spiro atoms. The van der Waals surface area contributed by atoms with Crippen LogP contribution in [0.4, 0.5) is 5.69 Å². The van der Waals surface area contributed by atoms with Crippen molar-refractivity contribution >= 4 is 5.69 Å². The average molecular weight is 333 g/mol. The second kappa shape index (κ2) is 8.19. The number of hydrogen-bond donors (Lipinski definition) is 2. The van der Waals surface area contributed by atoms with E-state index >= 15 is 0 Å². The molecule has 2 N–H and O–H groups in total. The summed E-state index contributed by atoms with van der Waals surface area (Å²) < 4.78 is 0. The number of rotatable bonds is 5. The van der Waals surface area contributed by atoms with Crippen LogP contribution in [-0.2, 0) is 0 Å². The lowest BCUT2D eigenvalue weighted by Gasteiger charge is -2.38. The molecule has 0 radical (unpaired) electrons. The number of β-amino-alcohol motifs (C(OH)–C–C–N with tert-alkyl or cyclic N) is 1. The Balaban J connectivity index is 1.39. The van der Waals surface area contributed by atoms with Gasteiger partial charge >= 0.3 is 0 Å². The standard InChI is InChI=1S/C19H31N3O2/c1-16-6-8-20(9-7-16)14-19(24)15-21-10-12-22(13-11-21)17-2-4-18(23)5-3-17/h2-5,16,19,23-24H,6-15H2,1H3. The molecule has 2 saturated heterocycles. The smallest absolute Gasteiger partial charge is 0.115 e. The number of phenols is 1. The number of likely N-dealkylation sites (tertiary alicyclic amines) is 1. The summed E-state index contributed by atoms with van der Waals surface area (Å²) in [7, 11) is 0. The minimum Gasteiger partial charge on any atom is -0.508 e. The molecule has 0 aliphatic carbocycles. The molecule has 2 fully saturated rings. The van der Waals surface area contributed by atoms with Gasteiger partial charge in [-0.25, -0.2) is 0 Å². The molecule has 2 aliphatic heterocycles. The van der Waals surface area contributed by atoms with Gasteiger partial charge in [-0.2, -0.15) is 0 Å². The van der Waals surface area contributed by atoms with Gasteiger partial charge < -0.3 is 20.0 Å². The van der Waals surface area contributed by atoms with Crippen molar-refractivity contribution in [3.05, 3.63) is 24.3 Å². The molecule has 2 heterocycles. The Morgan fingerprint density at radius 1 is 0.917 bits per heavy atom. The number of phenolic OH excluding ortho intramolecular Hbond substituents is 1. The van der Waals surface area contributed by atoms with Crippen molar-refractivity contribution in [3.8, 4) is 5.75 Å². The number of aliphatic hydroxyl groups is 1. The van der Waals surface area contributed by atoms with E-state index in [1.54, 1.807) is 12.1 Å². The molecule has 24 heavy (non-hydrogen) atoms. The molecule has 0 amide bonds. The van der Waals surface area contributed by atoms with Crippen molar-refractivity contribution in [2.45, 2.75) is 25.9 Å². The van der Waals surface area contributed by atoms with E-state index in [2.05, 4.69) is 21.6 Å². The molecule has 1 atom stereocenters. The van der Waals surface area contributed by atoms with Crippen LogP contribution in [0.2, 0.25) is 0 Å². The molecule has 1 aromatic rings. The first-order chi connectivity index (χ1) is 11.6. The second-order valence-electron chi connectivity index (χ2n) is 7.44. The topological polar surface area (TPSA) is 50.2 Å². The van der Waals surface area contributed by atoms with Gasteiger partial charge in [0, 0.05) is 45.0 Å². The summed E-state index contributed by atoms with van der Waals surface area (Å²) in [5.41, 5.74) is 1.16. The number of piperazine rings is 1. The fourth-order valence-corrected chi connectivity index (χ4v) is 3.75. The van der Waals surface area contributed by atoms with Crippen LogP contribution >= 0.6 is 0 Å². The van der Waals surface area contributed by atoms with Gasteiger partial charge in [0.2, 0.25) is 0 Å². The predicted octanol–water partition coefficient (Wildman–Crippen LogP) is 1.61. The number of anilines is 1. The Kier molecular flexibility index (Phi) is 5.98. The Hall–Kier alpha value is -1.30. The van der Waals surface area contributed by atoms with Crippen LogP contribution in [0, 0.1) is 5.92 Å². The maximum absolute atomic E-state index is 10.4. The number of hydrogen-bond acceptors (Lipinski definition) is 5. The maximum atomic E-state index is 10.4. The zero-order valence-corrected chi connectivity index (χ0v) is 14.8. The summed E-state index contributed by atoms with van der Waals surface area (Å²) in [5.74, 6) is 1.15. The van der Waals surface area contributed by atoms with E-state index in [-0.39, 0.29) is 6.10 Å². The minimum atomic E-state index is -0.251. The molecule has 3 rings (SSSR count). The predicted molar refractivity (Wildman–Crippen MR) is 97.6 cm³/mol. The number of benzene rings is 1. The van der Waals surface area contributed by atoms with Crippen LogP contribution in [0.3, 0.4) is 0 Å². The molecule has 5 heteroatoms. The number of aliphatic hydroxyl groups excluding tert-OH is 1. The molecule has 1 unspecified atom stereocenters. The van der Waals surface area contributed by atoms with Gasteiger partial charge in [0.15, 0.2) is 0 Å². The molecular formula is C19H31N3O2. The fraction of sp³-hybridized carbons (Fsp3) is 0.684. The normalized spacial score (nSPS) is 22.7. The number of aromatic hydroxyl groups is 1. The highest BCUT2D eigenvalue weighted by molar-refractivity contribution is 5.49. The first-order valence-electron chi connectivity index (χ1n) is 9.27. The van der Waals surface area contributed by atoms with E-state index in [4.69, 9.17) is 0 Å². The van der Waals surface area contributed by atoms with Crippen molar-refractivity contribution in [1.82, 2.24) is 9.80 Å². The lowest BCUT2D eigenvalue weighted by molar-refractivity contribution is 0.0597. The van der Waals surface area contributed by atoms with Crippen molar-refractivity contribution < 1.29 is 10.2 Å². The van der Waals surface area contributed by atoms with Crippen LogP contribution in [0.15, 0.2) is 24.3 Å². The SMILES string of the molecule is CC1CCN(CC(O)CN2CCN(c3ccc(O)cc3)CC2)CC1. The van der Waals surface area contributed by atoms with Crippen LogP contribution in [0.1, 0.15) is 19.8 Å². The number of nitrogens with zero attached hydrogens (tertiary/aromatic N) is 3. The summed E-state index contributed by atoms with van der Waals surface area (Å²) in [4.78, 5) is 7.12. The van der Waals surface area contributed by atoms with E-state index in [1.807, 2.05) is 12.1 Å². The monoisotopic (exact) mass is 333 g/mol. The van der Waals surface area contributed by atoms with E-state index in [0.29, 0.717) is 5.75 Å². The third-order valence-corrected chi connectivity index (χ3v) is 5.40. The van der Waals surface area contributed by atoms with Gasteiger partial charge in [-0.3, -0.25) is 4.90 Å². The van der Waals surface area contributed by atoms with E-state index in [9.17, 15) is 10.2 Å². The Morgan fingerprint density at radius 3 is 2.04 bits per heavy atom. The molecule has 0 bridgehead atoms. The second-order valence-corrected chi connectivity index (χ2v) is 7.44. The van der Waals surface area contributed by atoms with Crippen LogP contribution in [0.25, 0.3) is 0 Å². The van der Waals surface area contributed by atoms with E-state index in [1.165, 1.54) is 12.8 Å². The summed E-state index contributed by atoms with van der Waals surface area (Å²) in [6, 6.07) is 7.42. The summed E-state index contributed by atoms with van der Waals surface area (Å²) in [6.45, 7) is 10.1. The largest absolute Gasteiger partial charge is 0.508 e. The van der Waals surface area contributed by atoms with Gasteiger partial charge in [0.05, 0.1) is 6.10 Å². The van der Waals surface area contributed by atoms with Crippen molar-refractivity contribution in [3.63, 3.8) is 0 Å². The average Bonchev–Trinajstić information content (AvgIpc) is 2.58. The molecular weight excluding hydrogens is 302 g/mol. The van der Waals surface area contributed by atoms with Gasteiger partial charge in [-0.15, -0.1) is 0 Å². The quantitative estimate of drug-likeness (QED) is 0.857. The van der Waals surface area contributed by atoms with Crippen LogP contribution < -0.4 is 4.90 Å². The molecule has 5 nitrogen and oxygen atoms in total. The third-order valence-electron chi connectivity index (χ3n) is 5.40. The summed E-state index contributed by atoms with van der Waals surface area (Å²) in [5, 5.41) is 19.8. The van der Waals surface area contributed by atoms with Gasteiger partial charge in [0.1, 0.15) is 5.75 Å². The van der Waals surface area contributed by atoms with Gasteiger partial charge in [0.25, 0.3) is 0 Å². The first kappa shape index (κ1) is 17.5. The highest BCUT2D eigenvalue weighted by Crippen LogP contribution is 2.20. The zero-order valence-electron chi connectivity index (χ0n) is 14.8. The molecule has 0 aromatic heterocycles. The van der Waals surface area contributed by atoms with Gasteiger partial charge in [-0.1, -0.05) is 6.92 Å². The zero-order chi connectivity index (χ0) is 16.9. The Labute approximate surface area is 145 Å². The minimum absolute atomic E-state index is 0.251. The van der Waals surface area contributed by atoms with Crippen molar-refractivity contribution in [2.24, 2.45) is 5.92 Å². The van der Waals surface area contributed by atoms with Gasteiger partial charge in [-0.05, 0) is 56.1 Å². The van der Waals surface area contributed by atoms with Crippen LogP contribution in [-0.4, -0.2) is 78.5 Å². The van der Waals surface area contributed by atoms with Crippen molar-refractivity contribution in [2.75, 3.05) is 57.3 Å². The molecule has 1 aromatic carbocycles. The molecule has 0 saturated carbocycles. The molecule has 134 valence electrons. The first-order valence-corrected chi connectivity index (χ1v) is 9.27. The fourth-order valence-electron chi connectivity index (χ4n) is 3.75. The molecule has 2 aliphatic rings. The summed E-state index contributed by atoms with van der Waals surface area (Å²) >= 11 is 0. The Bertz CT molecular complexity index is 492. The third kappa shape index (κ3) is 4.85. The highest BCUT2D eigenvalue weighted by Gasteiger charge is 2.22. The maximum Gasteiger partial charge on any atom is 0.115 e. The lowest BCUT2D eigenvalue weighted by Crippen LogP contribution is -2.50. The lowest BCUT2D eigenvalue weighted by atomic mass is 9.99. The number of piperidine rings is 1.